The van der Waals surface area contributed by atoms with E-state index in [1.807, 2.05) is 26.1 Å². The molecule has 2 rings (SSSR count). The summed E-state index contributed by atoms with van der Waals surface area (Å²) >= 11 is 0. The molecule has 5 nitrogen and oxygen atoms in total. The minimum atomic E-state index is -0.147. The number of nitrogens with one attached hydrogen (secondary N) is 1. The van der Waals surface area contributed by atoms with E-state index in [0.717, 1.165) is 24.6 Å². The second kappa shape index (κ2) is 5.52. The Hall–Kier alpha value is -1.36. The van der Waals surface area contributed by atoms with Crippen molar-refractivity contribution >= 4 is 11.5 Å². The Labute approximate surface area is 108 Å². The van der Waals surface area contributed by atoms with Crippen molar-refractivity contribution in [3.63, 3.8) is 0 Å². The zero-order chi connectivity index (χ0) is 13.0. The number of anilines is 2. The van der Waals surface area contributed by atoms with Crippen molar-refractivity contribution in [2.45, 2.75) is 26.7 Å². The molecular formula is C13H22N4O. The van der Waals surface area contributed by atoms with E-state index in [4.69, 9.17) is 0 Å². The number of hydrogen-bond acceptors (Lipinski definition) is 5. The summed E-state index contributed by atoms with van der Waals surface area (Å²) in [5, 5.41) is 20.6. The molecule has 1 saturated heterocycles. The molecule has 0 aliphatic carbocycles. The van der Waals surface area contributed by atoms with Gasteiger partial charge < -0.3 is 15.3 Å². The summed E-state index contributed by atoms with van der Waals surface area (Å²) in [6.45, 7) is 7.07. The lowest BCUT2D eigenvalue weighted by molar-refractivity contribution is 0.170. The van der Waals surface area contributed by atoms with Gasteiger partial charge in [-0.05, 0) is 12.8 Å². The Kier molecular flexibility index (Phi) is 4.01. The fraction of sp³-hybridized carbons (Fsp3) is 0.692. The second-order valence-corrected chi connectivity index (χ2v) is 5.67. The maximum Gasteiger partial charge on any atom is 0.150 e. The van der Waals surface area contributed by atoms with Gasteiger partial charge in [0.05, 0.1) is 11.9 Å². The van der Waals surface area contributed by atoms with Crippen LogP contribution in [-0.2, 0) is 0 Å². The summed E-state index contributed by atoms with van der Waals surface area (Å²) in [4.78, 5) is 2.33. The van der Waals surface area contributed by atoms with Crippen LogP contribution >= 0.6 is 0 Å². The SMILES string of the molecule is CC(C)(CO)CNc1cc(N2CCCC2)cnn1. The van der Waals surface area contributed by atoms with E-state index in [1.165, 1.54) is 12.8 Å². The molecule has 5 heteroatoms. The normalized spacial score (nSPS) is 16.1. The highest BCUT2D eigenvalue weighted by molar-refractivity contribution is 5.52. The van der Waals surface area contributed by atoms with Crippen LogP contribution in [0.25, 0.3) is 0 Å². The van der Waals surface area contributed by atoms with Gasteiger partial charge in [0.2, 0.25) is 0 Å². The molecule has 100 valence electrons. The molecule has 1 aliphatic heterocycles. The van der Waals surface area contributed by atoms with E-state index in [0.29, 0.717) is 6.54 Å². The number of aromatic nitrogens is 2. The molecule has 1 aromatic rings. The molecule has 1 fully saturated rings. The molecule has 0 spiro atoms. The molecule has 0 saturated carbocycles. The number of aliphatic hydroxyl groups is 1. The zero-order valence-corrected chi connectivity index (χ0v) is 11.2. The summed E-state index contributed by atoms with van der Waals surface area (Å²) in [5.41, 5.74) is 0.984. The predicted molar refractivity (Wildman–Crippen MR) is 72.8 cm³/mol. The van der Waals surface area contributed by atoms with Gasteiger partial charge >= 0.3 is 0 Å². The van der Waals surface area contributed by atoms with Gasteiger partial charge in [0.25, 0.3) is 0 Å². The largest absolute Gasteiger partial charge is 0.396 e. The smallest absolute Gasteiger partial charge is 0.150 e. The van der Waals surface area contributed by atoms with E-state index < -0.39 is 0 Å². The van der Waals surface area contributed by atoms with Crippen LogP contribution in [0.2, 0.25) is 0 Å². The second-order valence-electron chi connectivity index (χ2n) is 5.67. The quantitative estimate of drug-likeness (QED) is 0.829. The highest BCUT2D eigenvalue weighted by Crippen LogP contribution is 2.21. The number of aliphatic hydroxyl groups excluding tert-OH is 1. The molecule has 0 bridgehead atoms. The van der Waals surface area contributed by atoms with Crippen LogP contribution in [0.1, 0.15) is 26.7 Å². The molecule has 1 aromatic heterocycles. The molecule has 0 aromatic carbocycles. The summed E-state index contributed by atoms with van der Waals surface area (Å²) in [7, 11) is 0. The minimum absolute atomic E-state index is 0.147. The van der Waals surface area contributed by atoms with Crippen molar-refractivity contribution in [2.24, 2.45) is 5.41 Å². The molecule has 2 heterocycles. The topological polar surface area (TPSA) is 61.3 Å². The Morgan fingerprint density at radius 1 is 1.39 bits per heavy atom. The van der Waals surface area contributed by atoms with Crippen LogP contribution in [0.5, 0.6) is 0 Å². The van der Waals surface area contributed by atoms with Gasteiger partial charge in [0.1, 0.15) is 0 Å². The standard InChI is InChI=1S/C13H22N4O/c1-13(2,10-18)9-14-12-7-11(8-15-16-12)17-5-3-4-6-17/h7-8,18H,3-6,9-10H2,1-2H3,(H,14,16). The Morgan fingerprint density at radius 3 is 2.78 bits per heavy atom. The highest BCUT2D eigenvalue weighted by atomic mass is 16.3. The maximum atomic E-state index is 9.21. The van der Waals surface area contributed by atoms with Gasteiger partial charge in [-0.3, -0.25) is 0 Å². The van der Waals surface area contributed by atoms with Crippen molar-refractivity contribution in [3.8, 4) is 0 Å². The number of nitrogens with zero attached hydrogens (tertiary/aromatic N) is 3. The van der Waals surface area contributed by atoms with Crippen LogP contribution in [0, 0.1) is 5.41 Å². The minimum Gasteiger partial charge on any atom is -0.396 e. The number of hydrogen-bond donors (Lipinski definition) is 2. The van der Waals surface area contributed by atoms with Crippen LogP contribution in [0.3, 0.4) is 0 Å². The summed E-state index contributed by atoms with van der Waals surface area (Å²) in [6.07, 6.45) is 4.32. The summed E-state index contributed by atoms with van der Waals surface area (Å²) < 4.78 is 0. The third-order valence-electron chi connectivity index (χ3n) is 3.29. The lowest BCUT2D eigenvalue weighted by Crippen LogP contribution is -2.27. The fourth-order valence-electron chi connectivity index (χ4n) is 1.98. The van der Waals surface area contributed by atoms with E-state index in [9.17, 15) is 5.11 Å². The maximum absolute atomic E-state index is 9.21. The first-order valence-corrected chi connectivity index (χ1v) is 6.53. The molecule has 0 radical (unpaired) electrons. The molecule has 18 heavy (non-hydrogen) atoms. The van der Waals surface area contributed by atoms with Crippen LogP contribution < -0.4 is 10.2 Å². The third-order valence-corrected chi connectivity index (χ3v) is 3.29. The predicted octanol–water partition coefficient (Wildman–Crippen LogP) is 1.51. The first-order valence-electron chi connectivity index (χ1n) is 6.53. The van der Waals surface area contributed by atoms with Gasteiger partial charge in [-0.2, -0.15) is 5.10 Å². The molecule has 2 N–H and O–H groups in total. The first-order chi connectivity index (χ1) is 8.61. The van der Waals surface area contributed by atoms with Crippen LogP contribution in [0.15, 0.2) is 12.3 Å². The van der Waals surface area contributed by atoms with Crippen LogP contribution in [0.4, 0.5) is 11.5 Å². The Bertz CT molecular complexity index is 388. The number of rotatable bonds is 5. The Balaban J connectivity index is 1.99. The third kappa shape index (κ3) is 3.32. The van der Waals surface area contributed by atoms with Crippen molar-refractivity contribution in [2.75, 3.05) is 36.5 Å². The Morgan fingerprint density at radius 2 is 2.11 bits per heavy atom. The lowest BCUT2D eigenvalue weighted by Gasteiger charge is -2.22. The van der Waals surface area contributed by atoms with Crippen molar-refractivity contribution in [1.82, 2.24) is 10.2 Å². The van der Waals surface area contributed by atoms with Crippen molar-refractivity contribution in [3.05, 3.63) is 12.3 Å². The fourth-order valence-corrected chi connectivity index (χ4v) is 1.98. The van der Waals surface area contributed by atoms with E-state index in [-0.39, 0.29) is 12.0 Å². The molecule has 0 amide bonds. The van der Waals surface area contributed by atoms with E-state index in [1.54, 1.807) is 0 Å². The van der Waals surface area contributed by atoms with E-state index in [2.05, 4.69) is 20.4 Å². The van der Waals surface area contributed by atoms with E-state index >= 15 is 0 Å². The molecule has 0 unspecified atom stereocenters. The summed E-state index contributed by atoms with van der Waals surface area (Å²) in [6, 6.07) is 2.03. The molecular weight excluding hydrogens is 228 g/mol. The van der Waals surface area contributed by atoms with Crippen LogP contribution in [-0.4, -0.2) is 41.5 Å². The molecule has 1 aliphatic rings. The first kappa shape index (κ1) is 13.1. The highest BCUT2D eigenvalue weighted by Gasteiger charge is 2.17. The van der Waals surface area contributed by atoms with Gasteiger partial charge in [-0.25, -0.2) is 0 Å². The van der Waals surface area contributed by atoms with Gasteiger partial charge in [0, 0.05) is 37.7 Å². The molecule has 0 atom stereocenters. The monoisotopic (exact) mass is 250 g/mol. The van der Waals surface area contributed by atoms with Gasteiger partial charge in [0.15, 0.2) is 5.82 Å². The average Bonchev–Trinajstić information content (AvgIpc) is 2.91. The van der Waals surface area contributed by atoms with Gasteiger partial charge in [-0.1, -0.05) is 13.8 Å². The van der Waals surface area contributed by atoms with Crippen molar-refractivity contribution < 1.29 is 5.11 Å². The van der Waals surface area contributed by atoms with Gasteiger partial charge in [-0.15, -0.1) is 5.10 Å². The lowest BCUT2D eigenvalue weighted by atomic mass is 9.95. The van der Waals surface area contributed by atoms with Crippen molar-refractivity contribution in [1.29, 1.82) is 0 Å². The summed E-state index contributed by atoms with van der Waals surface area (Å²) in [5.74, 6) is 0.779. The average molecular weight is 250 g/mol. The zero-order valence-electron chi connectivity index (χ0n) is 11.2.